The second kappa shape index (κ2) is 11.9. The molecule has 0 radical (unpaired) electrons. The molecule has 0 saturated carbocycles. The molecule has 53 heavy (non-hydrogen) atoms. The van der Waals surface area contributed by atoms with Crippen molar-refractivity contribution in [1.29, 1.82) is 10.5 Å². The van der Waals surface area contributed by atoms with E-state index in [4.69, 9.17) is 32.3 Å². The molecule has 2 aromatic carbocycles. The lowest BCUT2D eigenvalue weighted by Crippen LogP contribution is -2.78. The molecule has 7 heterocycles. The number of carbonyl (C=O) groups is 1. The van der Waals surface area contributed by atoms with Gasteiger partial charge in [0.05, 0.1) is 27.0 Å². The van der Waals surface area contributed by atoms with E-state index in [2.05, 4.69) is 20.2 Å². The number of fused-ring (bicyclic) bond motifs is 3. The zero-order valence-corrected chi connectivity index (χ0v) is 29.7. The number of halogens is 4. The van der Waals surface area contributed by atoms with Gasteiger partial charge in [-0.25, -0.2) is 18.0 Å². The first kappa shape index (κ1) is 33.6. The fourth-order valence-electron chi connectivity index (χ4n) is 8.70. The van der Waals surface area contributed by atoms with Crippen LogP contribution in [0.4, 0.5) is 28.8 Å². The van der Waals surface area contributed by atoms with Gasteiger partial charge in [0.25, 0.3) is 0 Å². The molecule has 3 aromatic heterocycles. The molecule has 4 saturated heterocycles. The Hall–Kier alpha value is -5.23. The van der Waals surface area contributed by atoms with Gasteiger partial charge >= 0.3 is 12.0 Å². The van der Waals surface area contributed by atoms with E-state index >= 15 is 4.39 Å². The number of nitrogens with zero attached hydrogens (tertiary/aromatic N) is 10. The predicted molar refractivity (Wildman–Crippen MR) is 189 cm³/mol. The van der Waals surface area contributed by atoms with Crippen LogP contribution in [-0.2, 0) is 0 Å². The molecule has 1 spiro atoms. The van der Waals surface area contributed by atoms with E-state index in [0.29, 0.717) is 43.8 Å². The Labute approximate surface area is 308 Å². The lowest BCUT2D eigenvalue weighted by molar-refractivity contribution is -0.0523. The maximum Gasteiger partial charge on any atom is 0.346 e. The van der Waals surface area contributed by atoms with Gasteiger partial charge in [-0.1, -0.05) is 22.9 Å². The van der Waals surface area contributed by atoms with E-state index < -0.39 is 29.4 Å². The zero-order chi connectivity index (χ0) is 37.0. The maximum atomic E-state index is 17.1. The minimum atomic E-state index is -0.975. The van der Waals surface area contributed by atoms with Gasteiger partial charge in [-0.05, 0) is 44.0 Å². The lowest BCUT2D eigenvalue weighted by atomic mass is 9.66. The summed E-state index contributed by atoms with van der Waals surface area (Å²) in [6.07, 6.45) is 2.29. The van der Waals surface area contributed by atoms with Crippen LogP contribution in [0.15, 0.2) is 24.4 Å². The summed E-state index contributed by atoms with van der Waals surface area (Å²) < 4.78 is 54.0. The number of thiophene rings is 1. The van der Waals surface area contributed by atoms with Crippen LogP contribution in [0.1, 0.15) is 37.4 Å². The SMILES string of the molecule is CC1N(C(=O)n2cc(C#N)nn2)CC12CN(c1nc(OC[C@@]34CCCN3C[C@H](F)C4)nc3c(F)c(-c4ccc(F)c5sc(N)c(C#N)c45)c(Cl)cc13)C2. The van der Waals surface area contributed by atoms with Crippen LogP contribution in [0.5, 0.6) is 6.01 Å². The van der Waals surface area contributed by atoms with E-state index in [9.17, 15) is 18.8 Å². The molecule has 1 amide bonds. The second-order valence-electron chi connectivity index (χ2n) is 14.4. The van der Waals surface area contributed by atoms with Gasteiger partial charge in [-0.15, -0.1) is 16.4 Å². The molecule has 13 nitrogen and oxygen atoms in total. The Bertz CT molecular complexity index is 2470. The van der Waals surface area contributed by atoms with Crippen LogP contribution in [0.2, 0.25) is 5.02 Å². The normalized spacial score (nSPS) is 23.2. The third kappa shape index (κ3) is 4.94. The zero-order valence-electron chi connectivity index (χ0n) is 28.1. The number of carbonyl (C=O) groups excluding carboxylic acids is 1. The molecular weight excluding hydrogens is 731 g/mol. The molecule has 2 N–H and O–H groups in total. The number of anilines is 2. The monoisotopic (exact) mass is 759 g/mol. The molecule has 4 fully saturated rings. The number of amides is 1. The molecule has 3 atom stereocenters. The van der Waals surface area contributed by atoms with Gasteiger partial charge < -0.3 is 20.3 Å². The summed E-state index contributed by atoms with van der Waals surface area (Å²) in [5, 5.41) is 27.0. The van der Waals surface area contributed by atoms with Crippen LogP contribution in [0.3, 0.4) is 0 Å². The molecule has 270 valence electrons. The molecule has 18 heteroatoms. The van der Waals surface area contributed by atoms with Gasteiger partial charge in [0.2, 0.25) is 0 Å². The topological polar surface area (TPSA) is 166 Å². The third-order valence-electron chi connectivity index (χ3n) is 11.5. The molecule has 4 aliphatic rings. The van der Waals surface area contributed by atoms with E-state index in [1.807, 2.05) is 24.0 Å². The number of nitriles is 2. The van der Waals surface area contributed by atoms with Gasteiger partial charge in [0, 0.05) is 60.4 Å². The molecular formula is C35H29ClF3N11O2S. The van der Waals surface area contributed by atoms with E-state index in [1.54, 1.807) is 11.0 Å². The van der Waals surface area contributed by atoms with Crippen molar-refractivity contribution in [3.8, 4) is 29.3 Å². The quantitative estimate of drug-likeness (QED) is 0.241. The summed E-state index contributed by atoms with van der Waals surface area (Å²) in [5.41, 5.74) is 5.32. The van der Waals surface area contributed by atoms with Crippen molar-refractivity contribution >= 4 is 60.8 Å². The highest BCUT2D eigenvalue weighted by atomic mass is 35.5. The smallest absolute Gasteiger partial charge is 0.346 e. The van der Waals surface area contributed by atoms with Crippen molar-refractivity contribution < 1.29 is 22.7 Å². The number of aromatic nitrogens is 5. The van der Waals surface area contributed by atoms with Crippen LogP contribution in [0.25, 0.3) is 32.1 Å². The molecule has 1 unspecified atom stereocenters. The summed E-state index contributed by atoms with van der Waals surface area (Å²) >= 11 is 7.75. The van der Waals surface area contributed by atoms with Crippen molar-refractivity contribution in [3.05, 3.63) is 52.3 Å². The number of nitrogens with two attached hydrogens (primary N) is 1. The summed E-state index contributed by atoms with van der Waals surface area (Å²) in [7, 11) is 0. The number of hydrogen-bond acceptors (Lipinski definition) is 12. The van der Waals surface area contributed by atoms with Gasteiger partial charge in [-0.2, -0.15) is 25.2 Å². The fraction of sp³-hybridized carbons (Fsp3) is 0.400. The Morgan fingerprint density at radius 1 is 1.21 bits per heavy atom. The van der Waals surface area contributed by atoms with E-state index in [-0.39, 0.29) is 72.1 Å². The van der Waals surface area contributed by atoms with Crippen molar-refractivity contribution in [2.75, 3.05) is 50.0 Å². The van der Waals surface area contributed by atoms with Crippen LogP contribution in [0, 0.1) is 39.7 Å². The van der Waals surface area contributed by atoms with Crippen molar-refractivity contribution in [1.82, 2.24) is 34.8 Å². The molecule has 5 aromatic rings. The summed E-state index contributed by atoms with van der Waals surface area (Å²) in [6, 6.07) is 7.28. The highest BCUT2D eigenvalue weighted by Crippen LogP contribution is 2.50. The summed E-state index contributed by atoms with van der Waals surface area (Å²) in [5.74, 6) is -1.05. The number of hydrogen-bond donors (Lipinski definition) is 1. The van der Waals surface area contributed by atoms with E-state index in [1.165, 1.54) is 18.3 Å². The second-order valence-corrected chi connectivity index (χ2v) is 15.8. The fourth-order valence-corrected chi connectivity index (χ4v) is 9.94. The number of alkyl halides is 1. The Morgan fingerprint density at radius 3 is 2.75 bits per heavy atom. The van der Waals surface area contributed by atoms with E-state index in [0.717, 1.165) is 35.4 Å². The van der Waals surface area contributed by atoms with Crippen LogP contribution >= 0.6 is 22.9 Å². The number of nitrogen functional groups attached to an aromatic ring is 1. The molecule has 0 aliphatic carbocycles. The van der Waals surface area contributed by atoms with Gasteiger partial charge in [-0.3, -0.25) is 4.90 Å². The number of likely N-dealkylation sites (tertiary alicyclic amines) is 1. The van der Waals surface area contributed by atoms with Gasteiger partial charge in [0.1, 0.15) is 47.1 Å². The van der Waals surface area contributed by atoms with Crippen LogP contribution in [-0.4, -0.2) is 97.9 Å². The average molecular weight is 760 g/mol. The van der Waals surface area contributed by atoms with Crippen molar-refractivity contribution in [2.24, 2.45) is 5.41 Å². The minimum Gasteiger partial charge on any atom is -0.461 e. The first-order chi connectivity index (χ1) is 25.5. The summed E-state index contributed by atoms with van der Waals surface area (Å²) in [6.45, 7) is 4.47. The number of rotatable bonds is 5. The number of benzene rings is 2. The molecule has 0 bridgehead atoms. The average Bonchev–Trinajstić information content (AvgIpc) is 3.89. The van der Waals surface area contributed by atoms with Crippen molar-refractivity contribution in [3.63, 3.8) is 0 Å². The Morgan fingerprint density at radius 2 is 2.02 bits per heavy atom. The van der Waals surface area contributed by atoms with Gasteiger partial charge in [0.15, 0.2) is 11.5 Å². The first-order valence-electron chi connectivity index (χ1n) is 17.0. The summed E-state index contributed by atoms with van der Waals surface area (Å²) in [4.78, 5) is 28.1. The minimum absolute atomic E-state index is 0.0101. The predicted octanol–water partition coefficient (Wildman–Crippen LogP) is 5.49. The maximum absolute atomic E-state index is 17.1. The standard InChI is InChI=1S/C35H29ClF3N11O2S/c1-17-34(15-49(17)33(51)50-12-19(9-40)45-46-50)13-47(14-34)31-21-7-23(36)26(20-3-4-24(38)29-25(20)22(10-41)30(42)53-29)27(39)28(21)43-32(44-31)52-16-35-5-2-6-48(35)11-18(37)8-35/h3-4,7,12,17-18H,2,5-6,8,11,13-16,42H2,1H3/t17?,18-,35+/m1/s1. The highest BCUT2D eigenvalue weighted by molar-refractivity contribution is 7.23. The lowest BCUT2D eigenvalue weighted by Gasteiger charge is -2.64. The Balaban J connectivity index is 1.10. The largest absolute Gasteiger partial charge is 0.461 e. The van der Waals surface area contributed by atoms with Crippen molar-refractivity contribution in [2.45, 2.75) is 43.9 Å². The highest BCUT2D eigenvalue weighted by Gasteiger charge is 2.59. The third-order valence-corrected chi connectivity index (χ3v) is 12.8. The Kier molecular flexibility index (Phi) is 7.54. The molecule has 9 rings (SSSR count). The van der Waals surface area contributed by atoms with Crippen LogP contribution < -0.4 is 15.4 Å². The first-order valence-corrected chi connectivity index (χ1v) is 18.2. The number of ether oxygens (including phenoxy) is 1. The molecule has 4 aliphatic heterocycles.